The van der Waals surface area contributed by atoms with Gasteiger partial charge in [0.25, 0.3) is 0 Å². The highest BCUT2D eigenvalue weighted by molar-refractivity contribution is 9.10. The third-order valence-electron chi connectivity index (χ3n) is 2.29. The lowest BCUT2D eigenvalue weighted by Gasteiger charge is -2.11. The van der Waals surface area contributed by atoms with Crippen LogP contribution in [0.3, 0.4) is 0 Å². The van der Waals surface area contributed by atoms with Crippen molar-refractivity contribution in [1.82, 2.24) is 5.32 Å². The first-order valence-electron chi connectivity index (χ1n) is 5.28. The van der Waals surface area contributed by atoms with Gasteiger partial charge in [-0.1, -0.05) is 50.1 Å². The van der Waals surface area contributed by atoms with Crippen molar-refractivity contribution in [3.8, 4) is 5.75 Å². The molecule has 0 fully saturated rings. The van der Waals surface area contributed by atoms with Crippen LogP contribution >= 0.6 is 31.9 Å². The van der Waals surface area contributed by atoms with Crippen LogP contribution in [0.2, 0.25) is 0 Å². The molecule has 5 heteroatoms. The van der Waals surface area contributed by atoms with Crippen molar-refractivity contribution in [1.29, 1.82) is 0 Å². The molecule has 0 bridgehead atoms. The van der Waals surface area contributed by atoms with Gasteiger partial charge in [0.2, 0.25) is 5.91 Å². The number of carbonyl (C=O) groups is 1. The summed E-state index contributed by atoms with van der Waals surface area (Å²) in [5.74, 6) is 0.787. The van der Waals surface area contributed by atoms with Gasteiger partial charge in [0.1, 0.15) is 5.75 Å². The Morgan fingerprint density at radius 1 is 1.47 bits per heavy atom. The van der Waals surface area contributed by atoms with Gasteiger partial charge in [-0.15, -0.1) is 0 Å². The Balaban J connectivity index is 2.52. The molecule has 0 heterocycles. The van der Waals surface area contributed by atoms with Crippen LogP contribution in [0, 0.1) is 0 Å². The van der Waals surface area contributed by atoms with Crippen LogP contribution in [0.15, 0.2) is 24.3 Å². The average Bonchev–Trinajstić information content (AvgIpc) is 2.36. The Labute approximate surface area is 118 Å². The molecular formula is C12H15Br2NO2. The smallest absolute Gasteiger partial charge is 0.234 e. The second-order valence-electron chi connectivity index (χ2n) is 3.47. The highest BCUT2D eigenvalue weighted by atomic mass is 79.9. The van der Waals surface area contributed by atoms with Gasteiger partial charge in [-0.25, -0.2) is 0 Å². The summed E-state index contributed by atoms with van der Waals surface area (Å²) in [6.07, 6.45) is 0.762. The fourth-order valence-electron chi connectivity index (χ4n) is 1.37. The number of benzene rings is 1. The van der Waals surface area contributed by atoms with Gasteiger partial charge in [-0.3, -0.25) is 4.79 Å². The van der Waals surface area contributed by atoms with E-state index in [4.69, 9.17) is 4.74 Å². The molecule has 0 radical (unpaired) electrons. The van der Waals surface area contributed by atoms with Crippen molar-refractivity contribution in [2.45, 2.75) is 17.8 Å². The first kappa shape index (κ1) is 14.5. The second kappa shape index (κ2) is 7.71. The van der Waals surface area contributed by atoms with Crippen LogP contribution in [-0.4, -0.2) is 23.2 Å². The molecule has 0 aliphatic heterocycles. The number of rotatable bonds is 6. The maximum atomic E-state index is 11.7. The number of hydrogen-bond acceptors (Lipinski definition) is 2. The van der Waals surface area contributed by atoms with Gasteiger partial charge in [-0.05, 0) is 12.5 Å². The van der Waals surface area contributed by atoms with Crippen molar-refractivity contribution in [2.24, 2.45) is 0 Å². The fraction of sp³-hybridized carbons (Fsp3) is 0.417. The molecule has 1 unspecified atom stereocenters. The van der Waals surface area contributed by atoms with E-state index in [1.807, 2.05) is 24.3 Å². The standard InChI is InChI=1S/C12H15Br2NO2/c1-17-11-5-3-2-4-9(11)8-15-12(16)10(14)6-7-13/h2-5,10H,6-8H2,1H3,(H,15,16). The second-order valence-corrected chi connectivity index (χ2v) is 5.37. The maximum absolute atomic E-state index is 11.7. The Morgan fingerprint density at radius 3 is 2.82 bits per heavy atom. The number of nitrogens with one attached hydrogen (secondary N) is 1. The Kier molecular flexibility index (Phi) is 6.58. The van der Waals surface area contributed by atoms with Crippen LogP contribution in [0.4, 0.5) is 0 Å². The molecule has 0 saturated carbocycles. The monoisotopic (exact) mass is 363 g/mol. The molecule has 0 aliphatic rings. The van der Waals surface area contributed by atoms with Gasteiger partial charge >= 0.3 is 0 Å². The summed E-state index contributed by atoms with van der Waals surface area (Å²) in [4.78, 5) is 11.5. The lowest BCUT2D eigenvalue weighted by Crippen LogP contribution is -2.30. The third-order valence-corrected chi connectivity index (χ3v) is 3.62. The Hall–Kier alpha value is -0.550. The summed E-state index contributed by atoms with van der Waals surface area (Å²) in [6, 6.07) is 7.65. The topological polar surface area (TPSA) is 38.3 Å². The first-order valence-corrected chi connectivity index (χ1v) is 7.32. The fourth-order valence-corrected chi connectivity index (χ4v) is 2.83. The number of halogens is 2. The predicted molar refractivity (Wildman–Crippen MR) is 76.0 cm³/mol. The molecule has 0 saturated heterocycles. The van der Waals surface area contributed by atoms with Crippen LogP contribution in [-0.2, 0) is 11.3 Å². The highest BCUT2D eigenvalue weighted by Crippen LogP contribution is 2.17. The largest absolute Gasteiger partial charge is 0.496 e. The molecule has 1 aromatic carbocycles. The molecule has 94 valence electrons. The molecule has 0 aliphatic carbocycles. The zero-order chi connectivity index (χ0) is 12.7. The molecule has 0 spiro atoms. The summed E-state index contributed by atoms with van der Waals surface area (Å²) in [5, 5.41) is 3.67. The Morgan fingerprint density at radius 2 is 2.18 bits per heavy atom. The molecule has 1 amide bonds. The Bertz CT molecular complexity index is 371. The van der Waals surface area contributed by atoms with E-state index in [9.17, 15) is 4.79 Å². The number of hydrogen-bond donors (Lipinski definition) is 1. The summed E-state index contributed by atoms with van der Waals surface area (Å²) < 4.78 is 5.22. The number of alkyl halides is 2. The first-order chi connectivity index (χ1) is 8.19. The molecule has 1 atom stereocenters. The van der Waals surface area contributed by atoms with E-state index in [2.05, 4.69) is 37.2 Å². The minimum absolute atomic E-state index is 0.00430. The number of carbonyl (C=O) groups excluding carboxylic acids is 1. The number of amides is 1. The van der Waals surface area contributed by atoms with Gasteiger partial charge in [0.05, 0.1) is 11.9 Å². The summed E-state index contributed by atoms with van der Waals surface area (Å²) >= 11 is 6.65. The zero-order valence-corrected chi connectivity index (χ0v) is 12.8. The van der Waals surface area contributed by atoms with Gasteiger partial charge in [0.15, 0.2) is 0 Å². The molecule has 17 heavy (non-hydrogen) atoms. The zero-order valence-electron chi connectivity index (χ0n) is 9.58. The van der Waals surface area contributed by atoms with Crippen LogP contribution in [0.5, 0.6) is 5.75 Å². The van der Waals surface area contributed by atoms with Gasteiger partial charge < -0.3 is 10.1 Å². The van der Waals surface area contributed by atoms with E-state index in [1.54, 1.807) is 7.11 Å². The average molecular weight is 365 g/mol. The van der Waals surface area contributed by atoms with Gasteiger partial charge in [0, 0.05) is 17.4 Å². The van der Waals surface area contributed by atoms with Gasteiger partial charge in [-0.2, -0.15) is 0 Å². The van der Waals surface area contributed by atoms with Crippen molar-refractivity contribution in [2.75, 3.05) is 12.4 Å². The molecule has 0 aromatic heterocycles. The lowest BCUT2D eigenvalue weighted by atomic mass is 10.2. The van der Waals surface area contributed by atoms with Crippen molar-refractivity contribution >= 4 is 37.8 Å². The molecule has 1 aromatic rings. The van der Waals surface area contributed by atoms with Crippen LogP contribution in [0.1, 0.15) is 12.0 Å². The third kappa shape index (κ3) is 4.68. The molecule has 1 N–H and O–H groups in total. The minimum atomic E-state index is -0.156. The highest BCUT2D eigenvalue weighted by Gasteiger charge is 2.13. The summed E-state index contributed by atoms with van der Waals surface area (Å²) in [7, 11) is 1.62. The van der Waals surface area contributed by atoms with E-state index in [0.717, 1.165) is 23.1 Å². The molecular weight excluding hydrogens is 350 g/mol. The molecule has 1 rings (SSSR count). The minimum Gasteiger partial charge on any atom is -0.496 e. The van der Waals surface area contributed by atoms with Crippen LogP contribution < -0.4 is 10.1 Å². The van der Waals surface area contributed by atoms with E-state index >= 15 is 0 Å². The van der Waals surface area contributed by atoms with E-state index in [-0.39, 0.29) is 10.7 Å². The quantitative estimate of drug-likeness (QED) is 0.788. The maximum Gasteiger partial charge on any atom is 0.234 e. The lowest BCUT2D eigenvalue weighted by molar-refractivity contribution is -0.120. The number of ether oxygens (including phenoxy) is 1. The predicted octanol–water partition coefficient (Wildman–Crippen LogP) is 2.86. The number of para-hydroxylation sites is 1. The van der Waals surface area contributed by atoms with Crippen molar-refractivity contribution in [3.63, 3.8) is 0 Å². The molecule has 3 nitrogen and oxygen atoms in total. The van der Waals surface area contributed by atoms with E-state index in [1.165, 1.54) is 0 Å². The van der Waals surface area contributed by atoms with Crippen LogP contribution in [0.25, 0.3) is 0 Å². The summed E-state index contributed by atoms with van der Waals surface area (Å²) in [6.45, 7) is 0.479. The normalized spacial score (nSPS) is 11.9. The summed E-state index contributed by atoms with van der Waals surface area (Å²) in [5.41, 5.74) is 0.974. The van der Waals surface area contributed by atoms with Crippen molar-refractivity contribution < 1.29 is 9.53 Å². The van der Waals surface area contributed by atoms with E-state index < -0.39 is 0 Å². The van der Waals surface area contributed by atoms with E-state index in [0.29, 0.717) is 6.54 Å². The van der Waals surface area contributed by atoms with Crippen molar-refractivity contribution in [3.05, 3.63) is 29.8 Å². The number of methoxy groups -OCH3 is 1. The SMILES string of the molecule is COc1ccccc1CNC(=O)C(Br)CCBr.